The molecular formula is C12H13FO. The fourth-order valence-corrected chi connectivity index (χ4v) is 2.32. The van der Waals surface area contributed by atoms with Gasteiger partial charge in [-0.25, -0.2) is 4.39 Å². The van der Waals surface area contributed by atoms with Crippen LogP contribution in [0, 0.1) is 5.82 Å². The number of hydrogen-bond donors (Lipinski definition) is 0. The molecular weight excluding hydrogens is 179 g/mol. The second kappa shape index (κ2) is 3.52. The summed E-state index contributed by atoms with van der Waals surface area (Å²) in [6.07, 6.45) is 4.55. The van der Waals surface area contributed by atoms with Crippen LogP contribution >= 0.6 is 0 Å². The molecule has 74 valence electrons. The van der Waals surface area contributed by atoms with Crippen LogP contribution in [0.1, 0.15) is 31.2 Å². The van der Waals surface area contributed by atoms with Gasteiger partial charge in [-0.05, 0) is 18.9 Å². The minimum atomic E-state index is -0.536. The molecule has 1 aromatic carbocycles. The lowest BCUT2D eigenvalue weighted by Gasteiger charge is -2.22. The summed E-state index contributed by atoms with van der Waals surface area (Å²) < 4.78 is 13.5. The normalized spacial score (nSPS) is 19.5. The molecule has 1 saturated carbocycles. The highest BCUT2D eigenvalue weighted by molar-refractivity contribution is 5.69. The van der Waals surface area contributed by atoms with Crippen molar-refractivity contribution >= 4 is 6.29 Å². The Labute approximate surface area is 82.9 Å². The van der Waals surface area contributed by atoms with Crippen LogP contribution in [0.2, 0.25) is 0 Å². The van der Waals surface area contributed by atoms with Crippen molar-refractivity contribution in [3.8, 4) is 0 Å². The Kier molecular flexibility index (Phi) is 2.36. The maximum atomic E-state index is 13.5. The summed E-state index contributed by atoms with van der Waals surface area (Å²) in [4.78, 5) is 11.1. The van der Waals surface area contributed by atoms with Gasteiger partial charge in [-0.15, -0.1) is 0 Å². The number of rotatable bonds is 2. The second-order valence-corrected chi connectivity index (χ2v) is 3.96. The monoisotopic (exact) mass is 192 g/mol. The quantitative estimate of drug-likeness (QED) is 0.658. The highest BCUT2D eigenvalue weighted by Crippen LogP contribution is 2.40. The number of aldehydes is 1. The number of benzene rings is 1. The van der Waals surface area contributed by atoms with Crippen LogP contribution < -0.4 is 0 Å². The van der Waals surface area contributed by atoms with Gasteiger partial charge in [0.1, 0.15) is 12.1 Å². The van der Waals surface area contributed by atoms with Crippen molar-refractivity contribution in [2.45, 2.75) is 31.1 Å². The summed E-state index contributed by atoms with van der Waals surface area (Å²) in [6, 6.07) is 6.61. The van der Waals surface area contributed by atoms with Crippen LogP contribution in [0.4, 0.5) is 4.39 Å². The van der Waals surface area contributed by atoms with E-state index >= 15 is 0 Å². The molecule has 2 heteroatoms. The van der Waals surface area contributed by atoms with E-state index < -0.39 is 5.41 Å². The topological polar surface area (TPSA) is 17.1 Å². The average molecular weight is 192 g/mol. The molecule has 0 aliphatic heterocycles. The van der Waals surface area contributed by atoms with Gasteiger partial charge in [-0.2, -0.15) is 0 Å². The Morgan fingerprint density at radius 3 is 2.43 bits per heavy atom. The van der Waals surface area contributed by atoms with Crippen molar-refractivity contribution in [3.63, 3.8) is 0 Å². The lowest BCUT2D eigenvalue weighted by molar-refractivity contribution is -0.112. The van der Waals surface area contributed by atoms with E-state index in [1.165, 1.54) is 6.07 Å². The van der Waals surface area contributed by atoms with E-state index in [4.69, 9.17) is 0 Å². The molecule has 0 amide bonds. The first-order valence-electron chi connectivity index (χ1n) is 5.00. The highest BCUT2D eigenvalue weighted by Gasteiger charge is 2.37. The smallest absolute Gasteiger partial charge is 0.130 e. The lowest BCUT2D eigenvalue weighted by Crippen LogP contribution is -2.25. The Bertz CT molecular complexity index is 340. The summed E-state index contributed by atoms with van der Waals surface area (Å²) in [5, 5.41) is 0. The van der Waals surface area contributed by atoms with E-state index in [0.29, 0.717) is 5.56 Å². The Balaban J connectivity index is 2.46. The largest absolute Gasteiger partial charge is 0.302 e. The van der Waals surface area contributed by atoms with Gasteiger partial charge in [0.15, 0.2) is 0 Å². The second-order valence-electron chi connectivity index (χ2n) is 3.96. The van der Waals surface area contributed by atoms with Gasteiger partial charge in [0.05, 0.1) is 5.41 Å². The first-order chi connectivity index (χ1) is 6.78. The van der Waals surface area contributed by atoms with Crippen molar-refractivity contribution < 1.29 is 9.18 Å². The van der Waals surface area contributed by atoms with Crippen LogP contribution in [-0.2, 0) is 10.2 Å². The third-order valence-electron chi connectivity index (χ3n) is 3.13. The van der Waals surface area contributed by atoms with Crippen LogP contribution in [0.25, 0.3) is 0 Å². The summed E-state index contributed by atoms with van der Waals surface area (Å²) in [5.74, 6) is -0.249. The molecule has 14 heavy (non-hydrogen) atoms. The van der Waals surface area contributed by atoms with Gasteiger partial charge < -0.3 is 4.79 Å². The standard InChI is InChI=1S/C12H13FO/c13-11-6-2-1-5-10(11)12(9-14)7-3-4-8-12/h1-2,5-6,9H,3-4,7-8H2. The Hall–Kier alpha value is -1.18. The van der Waals surface area contributed by atoms with Gasteiger partial charge in [0.2, 0.25) is 0 Å². The number of carbonyl (C=O) groups is 1. The molecule has 2 rings (SSSR count). The van der Waals surface area contributed by atoms with E-state index in [-0.39, 0.29) is 5.82 Å². The Morgan fingerprint density at radius 1 is 1.21 bits per heavy atom. The minimum absolute atomic E-state index is 0.249. The molecule has 0 atom stereocenters. The number of halogens is 1. The lowest BCUT2D eigenvalue weighted by atomic mass is 9.80. The van der Waals surface area contributed by atoms with Crippen molar-refractivity contribution in [2.75, 3.05) is 0 Å². The van der Waals surface area contributed by atoms with E-state index in [0.717, 1.165) is 32.0 Å². The van der Waals surface area contributed by atoms with Gasteiger partial charge in [0.25, 0.3) is 0 Å². The molecule has 0 bridgehead atoms. The zero-order valence-electron chi connectivity index (χ0n) is 8.00. The molecule has 0 unspecified atom stereocenters. The van der Waals surface area contributed by atoms with Crippen LogP contribution in [0.5, 0.6) is 0 Å². The first-order valence-corrected chi connectivity index (χ1v) is 5.00. The third kappa shape index (κ3) is 1.35. The van der Waals surface area contributed by atoms with E-state index in [9.17, 15) is 9.18 Å². The van der Waals surface area contributed by atoms with E-state index in [1.807, 2.05) is 0 Å². The predicted molar refractivity (Wildman–Crippen MR) is 52.6 cm³/mol. The highest BCUT2D eigenvalue weighted by atomic mass is 19.1. The average Bonchev–Trinajstić information content (AvgIpc) is 2.68. The molecule has 1 aliphatic carbocycles. The molecule has 0 heterocycles. The number of hydrogen-bond acceptors (Lipinski definition) is 1. The van der Waals surface area contributed by atoms with Gasteiger partial charge in [0, 0.05) is 5.56 Å². The maximum Gasteiger partial charge on any atom is 0.130 e. The predicted octanol–water partition coefficient (Wildman–Crippen LogP) is 2.84. The first kappa shape index (κ1) is 9.38. The molecule has 0 radical (unpaired) electrons. The summed E-state index contributed by atoms with van der Waals surface area (Å²) >= 11 is 0. The van der Waals surface area contributed by atoms with Crippen molar-refractivity contribution in [1.82, 2.24) is 0 Å². The summed E-state index contributed by atoms with van der Waals surface area (Å²) in [7, 11) is 0. The van der Waals surface area contributed by atoms with E-state index in [1.54, 1.807) is 18.2 Å². The minimum Gasteiger partial charge on any atom is -0.302 e. The van der Waals surface area contributed by atoms with Crippen LogP contribution in [0.3, 0.4) is 0 Å². The fourth-order valence-electron chi connectivity index (χ4n) is 2.32. The van der Waals surface area contributed by atoms with Crippen molar-refractivity contribution in [1.29, 1.82) is 0 Å². The molecule has 0 aromatic heterocycles. The molecule has 1 nitrogen and oxygen atoms in total. The molecule has 1 aromatic rings. The molecule has 1 fully saturated rings. The summed E-state index contributed by atoms with van der Waals surface area (Å²) in [6.45, 7) is 0. The number of carbonyl (C=O) groups excluding carboxylic acids is 1. The third-order valence-corrected chi connectivity index (χ3v) is 3.13. The van der Waals surface area contributed by atoms with Crippen LogP contribution in [0.15, 0.2) is 24.3 Å². The fraction of sp³-hybridized carbons (Fsp3) is 0.417. The van der Waals surface area contributed by atoms with Gasteiger partial charge in [-0.1, -0.05) is 31.0 Å². The van der Waals surface area contributed by atoms with Crippen LogP contribution in [-0.4, -0.2) is 6.29 Å². The zero-order valence-corrected chi connectivity index (χ0v) is 8.00. The molecule has 0 N–H and O–H groups in total. The van der Waals surface area contributed by atoms with Crippen molar-refractivity contribution in [3.05, 3.63) is 35.6 Å². The molecule has 1 aliphatic rings. The Morgan fingerprint density at radius 2 is 1.86 bits per heavy atom. The van der Waals surface area contributed by atoms with E-state index in [2.05, 4.69) is 0 Å². The SMILES string of the molecule is O=CC1(c2ccccc2F)CCCC1. The van der Waals surface area contributed by atoms with Crippen molar-refractivity contribution in [2.24, 2.45) is 0 Å². The zero-order chi connectivity index (χ0) is 10.0. The molecule has 0 saturated heterocycles. The summed E-state index contributed by atoms with van der Waals surface area (Å²) in [5.41, 5.74) is 0.0400. The molecule has 0 spiro atoms. The van der Waals surface area contributed by atoms with Gasteiger partial charge >= 0.3 is 0 Å². The van der Waals surface area contributed by atoms with Gasteiger partial charge in [-0.3, -0.25) is 0 Å². The maximum absolute atomic E-state index is 13.5.